The summed E-state index contributed by atoms with van der Waals surface area (Å²) in [6.45, 7) is 4.57. The molecule has 0 radical (unpaired) electrons. The summed E-state index contributed by atoms with van der Waals surface area (Å²) in [5, 5.41) is 0. The lowest BCUT2D eigenvalue weighted by atomic mass is 10.1. The Labute approximate surface area is 115 Å². The van der Waals surface area contributed by atoms with Crippen LogP contribution in [0.15, 0.2) is 23.1 Å². The number of nitrogens with one attached hydrogen (secondary N) is 1. The van der Waals surface area contributed by atoms with Gasteiger partial charge in [-0.2, -0.15) is 0 Å². The monoisotopic (exact) mass is 286 g/mol. The summed E-state index contributed by atoms with van der Waals surface area (Å²) < 4.78 is 31.9. The van der Waals surface area contributed by atoms with Gasteiger partial charge in [0.05, 0.1) is 4.90 Å². The highest BCUT2D eigenvalue weighted by molar-refractivity contribution is 7.89. The van der Waals surface area contributed by atoms with Gasteiger partial charge in [0.25, 0.3) is 0 Å². The molecule has 1 unspecified atom stereocenters. The zero-order valence-corrected chi connectivity index (χ0v) is 12.5. The molecule has 5 nitrogen and oxygen atoms in total. The first-order valence-corrected chi connectivity index (χ1v) is 7.70. The summed E-state index contributed by atoms with van der Waals surface area (Å²) in [6, 6.07) is 4.82. The quantitative estimate of drug-likeness (QED) is 0.788. The topological polar surface area (TPSA) is 81.4 Å². The minimum Gasteiger partial charge on any atom is -0.385 e. The lowest BCUT2D eigenvalue weighted by Crippen LogP contribution is -2.33. The maximum atomic E-state index is 12.2. The number of methoxy groups -OCH3 is 1. The Hall–Kier alpha value is -0.950. The number of sulfonamides is 1. The third-order valence-corrected chi connectivity index (χ3v) is 4.55. The first-order chi connectivity index (χ1) is 8.90. The summed E-state index contributed by atoms with van der Waals surface area (Å²) in [6.07, 6.45) is 0.630. The smallest absolute Gasteiger partial charge is 0.240 e. The Morgan fingerprint density at radius 2 is 2.11 bits per heavy atom. The van der Waals surface area contributed by atoms with Crippen LogP contribution in [0.25, 0.3) is 0 Å². The molecule has 0 spiro atoms. The van der Waals surface area contributed by atoms with Gasteiger partial charge in [0.1, 0.15) is 0 Å². The molecule has 3 N–H and O–H groups in total. The second kappa shape index (κ2) is 7.00. The predicted octanol–water partition coefficient (Wildman–Crippen LogP) is 1.16. The second-order valence-electron chi connectivity index (χ2n) is 4.60. The molecular weight excluding hydrogens is 264 g/mol. The van der Waals surface area contributed by atoms with Crippen LogP contribution in [0.1, 0.15) is 24.5 Å². The average molecular weight is 286 g/mol. The van der Waals surface area contributed by atoms with Crippen LogP contribution < -0.4 is 10.5 Å². The Kier molecular flexibility index (Phi) is 5.93. The SMILES string of the molecule is COCCC(C)NS(=O)(=O)c1ccc(C)c(CN)c1. The number of rotatable bonds is 7. The highest BCUT2D eigenvalue weighted by atomic mass is 32.2. The first-order valence-electron chi connectivity index (χ1n) is 6.21. The number of benzene rings is 1. The van der Waals surface area contributed by atoms with Crippen LogP contribution in [0.4, 0.5) is 0 Å². The Morgan fingerprint density at radius 1 is 1.42 bits per heavy atom. The van der Waals surface area contributed by atoms with Crippen molar-refractivity contribution in [1.29, 1.82) is 0 Å². The van der Waals surface area contributed by atoms with Gasteiger partial charge in [-0.05, 0) is 43.5 Å². The maximum absolute atomic E-state index is 12.2. The Balaban J connectivity index is 2.88. The maximum Gasteiger partial charge on any atom is 0.240 e. The largest absolute Gasteiger partial charge is 0.385 e. The average Bonchev–Trinajstić information content (AvgIpc) is 2.36. The Bertz CT molecular complexity index is 515. The fraction of sp³-hybridized carbons (Fsp3) is 0.538. The lowest BCUT2D eigenvalue weighted by Gasteiger charge is -2.14. The van der Waals surface area contributed by atoms with E-state index in [1.54, 1.807) is 25.3 Å². The van der Waals surface area contributed by atoms with Gasteiger partial charge in [-0.25, -0.2) is 13.1 Å². The molecule has 0 fully saturated rings. The first kappa shape index (κ1) is 16.1. The molecule has 0 aliphatic carbocycles. The van der Waals surface area contributed by atoms with Crippen LogP contribution in [0.3, 0.4) is 0 Å². The van der Waals surface area contributed by atoms with E-state index < -0.39 is 10.0 Å². The van der Waals surface area contributed by atoms with Gasteiger partial charge in [0.15, 0.2) is 0 Å². The molecule has 0 aliphatic heterocycles. The molecular formula is C13H22N2O3S. The number of hydrogen-bond acceptors (Lipinski definition) is 4. The number of aryl methyl sites for hydroxylation is 1. The fourth-order valence-electron chi connectivity index (χ4n) is 1.72. The standard InChI is InChI=1S/C13H22N2O3S/c1-10-4-5-13(8-12(10)9-14)19(16,17)15-11(2)6-7-18-3/h4-5,8,11,15H,6-7,9,14H2,1-3H3. The number of ether oxygens (including phenoxy) is 1. The van der Waals surface area contributed by atoms with E-state index in [1.807, 2.05) is 13.8 Å². The molecule has 0 saturated carbocycles. The summed E-state index contributed by atoms with van der Waals surface area (Å²) in [5.74, 6) is 0. The van der Waals surface area contributed by atoms with E-state index in [1.165, 1.54) is 0 Å². The minimum absolute atomic E-state index is 0.174. The van der Waals surface area contributed by atoms with Crippen molar-refractivity contribution in [3.63, 3.8) is 0 Å². The molecule has 0 heterocycles. The van der Waals surface area contributed by atoms with Gasteiger partial charge < -0.3 is 10.5 Å². The molecule has 0 aromatic heterocycles. The zero-order valence-electron chi connectivity index (χ0n) is 11.6. The highest BCUT2D eigenvalue weighted by Crippen LogP contribution is 2.15. The third kappa shape index (κ3) is 4.58. The molecule has 0 bridgehead atoms. The van der Waals surface area contributed by atoms with E-state index in [-0.39, 0.29) is 10.9 Å². The van der Waals surface area contributed by atoms with Gasteiger partial charge in [0.2, 0.25) is 10.0 Å². The van der Waals surface area contributed by atoms with Gasteiger partial charge in [-0.15, -0.1) is 0 Å². The summed E-state index contributed by atoms with van der Waals surface area (Å²) in [7, 11) is -1.91. The van der Waals surface area contributed by atoms with Crippen LogP contribution in [-0.2, 0) is 21.3 Å². The highest BCUT2D eigenvalue weighted by Gasteiger charge is 2.17. The molecule has 0 amide bonds. The normalized spacial score (nSPS) is 13.5. The molecule has 6 heteroatoms. The van der Waals surface area contributed by atoms with Crippen LogP contribution in [0.2, 0.25) is 0 Å². The molecule has 1 rings (SSSR count). The summed E-state index contributed by atoms with van der Waals surface area (Å²) in [4.78, 5) is 0.253. The van der Waals surface area contributed by atoms with Crippen LogP contribution in [0, 0.1) is 6.92 Å². The van der Waals surface area contributed by atoms with Crippen molar-refractivity contribution in [2.75, 3.05) is 13.7 Å². The van der Waals surface area contributed by atoms with Gasteiger partial charge in [-0.3, -0.25) is 0 Å². The predicted molar refractivity (Wildman–Crippen MR) is 75.3 cm³/mol. The summed E-state index contributed by atoms with van der Waals surface area (Å²) >= 11 is 0. The van der Waals surface area contributed by atoms with Crippen molar-refractivity contribution >= 4 is 10.0 Å². The van der Waals surface area contributed by atoms with E-state index in [2.05, 4.69) is 4.72 Å². The minimum atomic E-state index is -3.50. The van der Waals surface area contributed by atoms with E-state index >= 15 is 0 Å². The molecule has 108 valence electrons. The van der Waals surface area contributed by atoms with Crippen molar-refractivity contribution in [3.05, 3.63) is 29.3 Å². The number of hydrogen-bond donors (Lipinski definition) is 2. The lowest BCUT2D eigenvalue weighted by molar-refractivity contribution is 0.188. The summed E-state index contributed by atoms with van der Waals surface area (Å²) in [5.41, 5.74) is 7.43. The fourth-order valence-corrected chi connectivity index (χ4v) is 3.05. The van der Waals surface area contributed by atoms with Crippen LogP contribution in [0.5, 0.6) is 0 Å². The van der Waals surface area contributed by atoms with Gasteiger partial charge >= 0.3 is 0 Å². The second-order valence-corrected chi connectivity index (χ2v) is 6.31. The van der Waals surface area contributed by atoms with Gasteiger partial charge in [0, 0.05) is 26.3 Å². The molecule has 0 saturated heterocycles. The van der Waals surface area contributed by atoms with Crippen molar-refractivity contribution in [2.45, 2.75) is 37.8 Å². The molecule has 1 atom stereocenters. The number of nitrogens with two attached hydrogens (primary N) is 1. The van der Waals surface area contributed by atoms with Crippen LogP contribution >= 0.6 is 0 Å². The van der Waals surface area contributed by atoms with Crippen LogP contribution in [-0.4, -0.2) is 28.2 Å². The van der Waals surface area contributed by atoms with Crippen molar-refractivity contribution < 1.29 is 13.2 Å². The van der Waals surface area contributed by atoms with Gasteiger partial charge in [-0.1, -0.05) is 6.07 Å². The zero-order chi connectivity index (χ0) is 14.5. The molecule has 1 aromatic carbocycles. The molecule has 19 heavy (non-hydrogen) atoms. The van der Waals surface area contributed by atoms with Crippen molar-refractivity contribution in [2.24, 2.45) is 5.73 Å². The van der Waals surface area contributed by atoms with E-state index in [0.29, 0.717) is 19.6 Å². The third-order valence-electron chi connectivity index (χ3n) is 2.96. The van der Waals surface area contributed by atoms with E-state index in [0.717, 1.165) is 11.1 Å². The molecule has 0 aliphatic rings. The van der Waals surface area contributed by atoms with Crippen molar-refractivity contribution in [1.82, 2.24) is 4.72 Å². The van der Waals surface area contributed by atoms with E-state index in [9.17, 15) is 8.42 Å². The van der Waals surface area contributed by atoms with Crippen molar-refractivity contribution in [3.8, 4) is 0 Å². The Morgan fingerprint density at radius 3 is 2.68 bits per heavy atom. The molecule has 1 aromatic rings. The van der Waals surface area contributed by atoms with E-state index in [4.69, 9.17) is 10.5 Å².